The van der Waals surface area contributed by atoms with E-state index in [-0.39, 0.29) is 16.0 Å². The summed E-state index contributed by atoms with van der Waals surface area (Å²) in [7, 11) is -3.93. The minimum Gasteiger partial charge on any atom is -0.322 e. The molecule has 2 amide bonds. The highest BCUT2D eigenvalue weighted by Gasteiger charge is 2.42. The number of sulfonamides is 1. The van der Waals surface area contributed by atoms with E-state index in [9.17, 15) is 18.0 Å². The smallest absolute Gasteiger partial charge is 0.269 e. The molecule has 1 heterocycles. The van der Waals surface area contributed by atoms with E-state index >= 15 is 0 Å². The standard InChI is InChI=1S/C21H24N2O4S/c1-4-5-6-15-7-10-17(11-8-15)22-20(24)16-9-12-18-19(13-16)28(26,27)23(14(2)3)21(18)25/h7-14H,4-6H2,1-3H3,(H,22,24). The van der Waals surface area contributed by atoms with Crippen molar-refractivity contribution >= 4 is 27.5 Å². The molecule has 7 heteroatoms. The molecule has 0 saturated heterocycles. The van der Waals surface area contributed by atoms with Crippen LogP contribution in [0.25, 0.3) is 0 Å². The molecule has 3 rings (SSSR count). The Kier molecular flexibility index (Phi) is 5.56. The van der Waals surface area contributed by atoms with Crippen molar-refractivity contribution in [3.8, 4) is 0 Å². The van der Waals surface area contributed by atoms with Crippen LogP contribution in [0.3, 0.4) is 0 Å². The van der Waals surface area contributed by atoms with E-state index in [1.54, 1.807) is 13.8 Å². The van der Waals surface area contributed by atoms with Crippen molar-refractivity contribution in [3.63, 3.8) is 0 Å². The summed E-state index contributed by atoms with van der Waals surface area (Å²) >= 11 is 0. The molecule has 0 fully saturated rings. The van der Waals surface area contributed by atoms with E-state index in [2.05, 4.69) is 12.2 Å². The molecule has 6 nitrogen and oxygen atoms in total. The van der Waals surface area contributed by atoms with Gasteiger partial charge < -0.3 is 5.32 Å². The Bertz CT molecular complexity index is 1010. The summed E-state index contributed by atoms with van der Waals surface area (Å²) in [6, 6.07) is 11.3. The lowest BCUT2D eigenvalue weighted by molar-refractivity contribution is 0.0846. The second kappa shape index (κ2) is 7.75. The van der Waals surface area contributed by atoms with Crippen LogP contribution in [-0.4, -0.2) is 30.6 Å². The summed E-state index contributed by atoms with van der Waals surface area (Å²) in [6.07, 6.45) is 3.23. The number of fused-ring (bicyclic) bond motifs is 1. The highest BCUT2D eigenvalue weighted by atomic mass is 32.2. The largest absolute Gasteiger partial charge is 0.322 e. The quantitative estimate of drug-likeness (QED) is 0.799. The summed E-state index contributed by atoms with van der Waals surface area (Å²) in [5, 5.41) is 2.77. The predicted octanol–water partition coefficient (Wildman–Crippen LogP) is 3.83. The van der Waals surface area contributed by atoms with Gasteiger partial charge >= 0.3 is 0 Å². The van der Waals surface area contributed by atoms with E-state index in [1.807, 2.05) is 24.3 Å². The van der Waals surface area contributed by atoms with Crippen LogP contribution in [0.4, 0.5) is 5.69 Å². The van der Waals surface area contributed by atoms with Crippen molar-refractivity contribution in [2.75, 3.05) is 5.32 Å². The third-order valence-corrected chi connectivity index (χ3v) is 6.71. The van der Waals surface area contributed by atoms with Crippen LogP contribution in [0.15, 0.2) is 47.4 Å². The summed E-state index contributed by atoms with van der Waals surface area (Å²) < 4.78 is 26.2. The number of hydrogen-bond donors (Lipinski definition) is 1. The highest BCUT2D eigenvalue weighted by molar-refractivity contribution is 7.90. The van der Waals surface area contributed by atoms with Crippen LogP contribution in [0.1, 0.15) is 59.9 Å². The monoisotopic (exact) mass is 400 g/mol. The molecule has 28 heavy (non-hydrogen) atoms. The highest BCUT2D eigenvalue weighted by Crippen LogP contribution is 2.32. The number of rotatable bonds is 6. The van der Waals surface area contributed by atoms with Gasteiger partial charge in [0.25, 0.3) is 21.8 Å². The van der Waals surface area contributed by atoms with Crippen LogP contribution < -0.4 is 5.32 Å². The summed E-state index contributed by atoms with van der Waals surface area (Å²) in [5.74, 6) is -0.977. The Morgan fingerprint density at radius 2 is 1.79 bits per heavy atom. The molecule has 148 valence electrons. The Balaban J connectivity index is 1.82. The molecule has 0 aliphatic carbocycles. The number of nitrogens with zero attached hydrogens (tertiary/aromatic N) is 1. The van der Waals surface area contributed by atoms with Gasteiger partial charge in [-0.15, -0.1) is 0 Å². The fraction of sp³-hybridized carbons (Fsp3) is 0.333. The maximum Gasteiger partial charge on any atom is 0.269 e. The van der Waals surface area contributed by atoms with Crippen molar-refractivity contribution < 1.29 is 18.0 Å². The third kappa shape index (κ3) is 3.67. The van der Waals surface area contributed by atoms with Crippen LogP contribution in [0.2, 0.25) is 0 Å². The number of anilines is 1. The summed E-state index contributed by atoms with van der Waals surface area (Å²) in [4.78, 5) is 24.8. The van der Waals surface area contributed by atoms with Crippen molar-refractivity contribution in [3.05, 3.63) is 59.2 Å². The number of carbonyl (C=O) groups is 2. The SMILES string of the molecule is CCCCc1ccc(NC(=O)c2ccc3c(c2)S(=O)(=O)N(C(C)C)C3=O)cc1. The molecule has 1 aliphatic heterocycles. The first kappa shape index (κ1) is 20.1. The predicted molar refractivity (Wildman–Crippen MR) is 108 cm³/mol. The van der Waals surface area contributed by atoms with Crippen molar-refractivity contribution in [1.82, 2.24) is 4.31 Å². The molecule has 0 saturated carbocycles. The maximum absolute atomic E-state index is 12.7. The van der Waals surface area contributed by atoms with Gasteiger partial charge in [0.15, 0.2) is 0 Å². The first-order valence-corrected chi connectivity index (χ1v) is 10.8. The Morgan fingerprint density at radius 1 is 1.11 bits per heavy atom. The first-order valence-electron chi connectivity index (χ1n) is 9.38. The van der Waals surface area contributed by atoms with Crippen LogP contribution in [0.5, 0.6) is 0 Å². The molecule has 0 spiro atoms. The van der Waals surface area contributed by atoms with E-state index in [0.717, 1.165) is 23.6 Å². The zero-order valence-corrected chi connectivity index (χ0v) is 17.0. The second-order valence-electron chi connectivity index (χ2n) is 7.17. The number of nitrogens with one attached hydrogen (secondary N) is 1. The molecule has 1 N–H and O–H groups in total. The topological polar surface area (TPSA) is 83.6 Å². The number of benzene rings is 2. The second-order valence-corrected chi connectivity index (χ2v) is 8.95. The van der Waals surface area contributed by atoms with Gasteiger partial charge in [-0.3, -0.25) is 9.59 Å². The van der Waals surface area contributed by atoms with Gasteiger partial charge in [0.05, 0.1) is 5.56 Å². The van der Waals surface area contributed by atoms with E-state index in [1.165, 1.54) is 23.8 Å². The third-order valence-electron chi connectivity index (χ3n) is 4.71. The molecule has 0 atom stereocenters. The van der Waals surface area contributed by atoms with Gasteiger partial charge in [-0.25, -0.2) is 12.7 Å². The zero-order chi connectivity index (χ0) is 20.5. The van der Waals surface area contributed by atoms with Gasteiger partial charge in [-0.2, -0.15) is 0 Å². The maximum atomic E-state index is 12.7. The number of carbonyl (C=O) groups excluding carboxylic acids is 2. The summed E-state index contributed by atoms with van der Waals surface area (Å²) in [6.45, 7) is 5.41. The minimum atomic E-state index is -3.93. The molecule has 0 unspecified atom stereocenters. The molecule has 2 aromatic carbocycles. The Labute approximate surface area is 165 Å². The first-order chi connectivity index (χ1) is 13.3. The number of amides is 2. The van der Waals surface area contributed by atoms with Gasteiger partial charge in [0, 0.05) is 17.3 Å². The number of aryl methyl sites for hydroxylation is 1. The lowest BCUT2D eigenvalue weighted by Crippen LogP contribution is -2.36. The van der Waals surface area contributed by atoms with Gasteiger partial charge in [0.1, 0.15) is 4.90 Å². The molecular weight excluding hydrogens is 376 g/mol. The lowest BCUT2D eigenvalue weighted by atomic mass is 10.1. The average molecular weight is 401 g/mol. The lowest BCUT2D eigenvalue weighted by Gasteiger charge is -2.18. The number of unbranched alkanes of at least 4 members (excludes halogenated alkanes) is 1. The van der Waals surface area contributed by atoms with Crippen molar-refractivity contribution in [2.24, 2.45) is 0 Å². The Hall–Kier alpha value is -2.67. The van der Waals surface area contributed by atoms with Gasteiger partial charge in [-0.05, 0) is 62.6 Å². The Morgan fingerprint density at radius 3 is 2.39 bits per heavy atom. The molecule has 0 aromatic heterocycles. The molecular formula is C21H24N2O4S. The number of hydrogen-bond acceptors (Lipinski definition) is 4. The van der Waals surface area contributed by atoms with Gasteiger partial charge in [-0.1, -0.05) is 25.5 Å². The van der Waals surface area contributed by atoms with Crippen LogP contribution in [0, 0.1) is 0 Å². The van der Waals surface area contributed by atoms with E-state index in [0.29, 0.717) is 5.69 Å². The minimum absolute atomic E-state index is 0.102. The van der Waals surface area contributed by atoms with Crippen LogP contribution in [-0.2, 0) is 16.4 Å². The fourth-order valence-electron chi connectivity index (χ4n) is 3.24. The summed E-state index contributed by atoms with van der Waals surface area (Å²) in [5.41, 5.74) is 2.13. The van der Waals surface area contributed by atoms with Gasteiger partial charge in [0.2, 0.25) is 0 Å². The molecule has 1 aliphatic rings. The van der Waals surface area contributed by atoms with Crippen molar-refractivity contribution in [1.29, 1.82) is 0 Å². The van der Waals surface area contributed by atoms with Crippen LogP contribution >= 0.6 is 0 Å². The normalized spacial score (nSPS) is 15.0. The average Bonchev–Trinajstić information content (AvgIpc) is 2.86. The zero-order valence-electron chi connectivity index (χ0n) is 16.2. The molecule has 0 radical (unpaired) electrons. The van der Waals surface area contributed by atoms with Crippen molar-refractivity contribution in [2.45, 2.75) is 51.0 Å². The molecule has 0 bridgehead atoms. The van der Waals surface area contributed by atoms with E-state index < -0.39 is 27.9 Å². The van der Waals surface area contributed by atoms with E-state index in [4.69, 9.17) is 0 Å². The molecule has 2 aromatic rings. The fourth-order valence-corrected chi connectivity index (χ4v) is 5.03.